The average molecular weight is 235 g/mol. The van der Waals surface area contributed by atoms with Crippen molar-refractivity contribution in [2.24, 2.45) is 17.8 Å². The smallest absolute Gasteiger partial charge is 0.00445 e. The molecule has 0 aromatic carbocycles. The molecule has 0 heterocycles. The van der Waals surface area contributed by atoms with Crippen LogP contribution < -0.4 is 5.32 Å². The lowest BCUT2D eigenvalue weighted by Gasteiger charge is -2.22. The first kappa shape index (κ1) is 14.5. The van der Waals surface area contributed by atoms with Crippen LogP contribution in [0.5, 0.6) is 0 Å². The maximum atomic E-state index is 3.61. The van der Waals surface area contributed by atoms with Gasteiger partial charge in [0, 0.05) is 6.04 Å². The minimum absolute atomic E-state index is 0.612. The molecule has 0 aromatic rings. The van der Waals surface area contributed by atoms with Crippen molar-refractivity contribution >= 4 is 0 Å². The first-order valence-electron chi connectivity index (χ1n) is 7.10. The van der Waals surface area contributed by atoms with Gasteiger partial charge < -0.3 is 5.32 Å². The summed E-state index contributed by atoms with van der Waals surface area (Å²) in [5.41, 5.74) is 1.53. The zero-order valence-electron chi connectivity index (χ0n) is 12.2. The maximum Gasteiger partial charge on any atom is 0.00445 e. The third-order valence-corrected chi connectivity index (χ3v) is 3.49. The first-order valence-corrected chi connectivity index (χ1v) is 7.10. The molecule has 1 nitrogen and oxygen atoms in total. The molecule has 0 saturated carbocycles. The van der Waals surface area contributed by atoms with E-state index in [4.69, 9.17) is 0 Å². The van der Waals surface area contributed by atoms with Crippen LogP contribution in [0.15, 0.2) is 23.8 Å². The Bertz CT molecular complexity index is 275. The lowest BCUT2D eigenvalue weighted by Crippen LogP contribution is -2.31. The number of hydrogen-bond donors (Lipinski definition) is 1. The third-order valence-electron chi connectivity index (χ3n) is 3.49. The highest BCUT2D eigenvalue weighted by Gasteiger charge is 2.13. The second-order valence-corrected chi connectivity index (χ2v) is 6.12. The normalized spacial score (nSPS) is 23.6. The standard InChI is InChI=1S/C16H29N/c1-12(2)11-17-15(5)10-14(4)16-8-6-13(3)7-9-16/h6,8-9,12-15,17H,7,10-11H2,1-5H3/t13?,14-,15?/m0/s1. The van der Waals surface area contributed by atoms with Crippen LogP contribution in [0.2, 0.25) is 0 Å². The van der Waals surface area contributed by atoms with Crippen LogP contribution in [0.4, 0.5) is 0 Å². The highest BCUT2D eigenvalue weighted by molar-refractivity contribution is 5.25. The van der Waals surface area contributed by atoms with Gasteiger partial charge in [-0.3, -0.25) is 0 Å². The Morgan fingerprint density at radius 2 is 2.00 bits per heavy atom. The molecule has 0 fully saturated rings. The second-order valence-electron chi connectivity index (χ2n) is 6.12. The van der Waals surface area contributed by atoms with Crippen molar-refractivity contribution in [3.05, 3.63) is 23.8 Å². The summed E-state index contributed by atoms with van der Waals surface area (Å²) in [5, 5.41) is 3.61. The van der Waals surface area contributed by atoms with E-state index in [9.17, 15) is 0 Å². The first-order chi connectivity index (χ1) is 7.99. The summed E-state index contributed by atoms with van der Waals surface area (Å²) >= 11 is 0. The highest BCUT2D eigenvalue weighted by Crippen LogP contribution is 2.24. The monoisotopic (exact) mass is 235 g/mol. The van der Waals surface area contributed by atoms with Crippen molar-refractivity contribution in [3.8, 4) is 0 Å². The molecule has 0 bridgehead atoms. The van der Waals surface area contributed by atoms with Crippen molar-refractivity contribution < 1.29 is 0 Å². The molecule has 0 radical (unpaired) electrons. The molecule has 1 heteroatoms. The zero-order valence-corrected chi connectivity index (χ0v) is 12.2. The predicted molar refractivity (Wildman–Crippen MR) is 77.1 cm³/mol. The van der Waals surface area contributed by atoms with Crippen molar-refractivity contribution in [1.82, 2.24) is 5.32 Å². The van der Waals surface area contributed by atoms with Crippen molar-refractivity contribution in [1.29, 1.82) is 0 Å². The summed E-state index contributed by atoms with van der Waals surface area (Å²) in [6.45, 7) is 12.6. The Hall–Kier alpha value is -0.560. The molecule has 0 spiro atoms. The summed E-state index contributed by atoms with van der Waals surface area (Å²) in [6.07, 6.45) is 9.54. The van der Waals surface area contributed by atoms with Gasteiger partial charge in [-0.2, -0.15) is 0 Å². The minimum Gasteiger partial charge on any atom is -0.314 e. The molecular weight excluding hydrogens is 206 g/mol. The summed E-state index contributed by atoms with van der Waals surface area (Å²) in [6, 6.07) is 0.612. The Morgan fingerprint density at radius 3 is 2.53 bits per heavy atom. The summed E-state index contributed by atoms with van der Waals surface area (Å²) in [4.78, 5) is 0. The van der Waals surface area contributed by atoms with Gasteiger partial charge in [0.25, 0.3) is 0 Å². The van der Waals surface area contributed by atoms with Gasteiger partial charge in [-0.1, -0.05) is 45.9 Å². The summed E-state index contributed by atoms with van der Waals surface area (Å²) < 4.78 is 0. The predicted octanol–water partition coefficient (Wildman–Crippen LogP) is 4.17. The molecule has 2 unspecified atom stereocenters. The number of allylic oxidation sites excluding steroid dienone is 4. The molecular formula is C16H29N. The molecule has 0 aromatic heterocycles. The van der Waals surface area contributed by atoms with Gasteiger partial charge in [-0.25, -0.2) is 0 Å². The second kappa shape index (κ2) is 7.00. The van der Waals surface area contributed by atoms with Gasteiger partial charge in [0.15, 0.2) is 0 Å². The van der Waals surface area contributed by atoms with Gasteiger partial charge in [0.1, 0.15) is 0 Å². The Balaban J connectivity index is 2.33. The zero-order chi connectivity index (χ0) is 12.8. The van der Waals surface area contributed by atoms with Crippen LogP contribution in [0, 0.1) is 17.8 Å². The number of hydrogen-bond acceptors (Lipinski definition) is 1. The van der Waals surface area contributed by atoms with Gasteiger partial charge >= 0.3 is 0 Å². The molecule has 3 atom stereocenters. The van der Waals surface area contributed by atoms with E-state index in [-0.39, 0.29) is 0 Å². The molecule has 17 heavy (non-hydrogen) atoms. The lowest BCUT2D eigenvalue weighted by atomic mass is 9.88. The average Bonchev–Trinajstić information content (AvgIpc) is 2.27. The Labute approximate surface area is 107 Å². The lowest BCUT2D eigenvalue weighted by molar-refractivity contribution is 0.427. The maximum absolute atomic E-state index is 3.61. The molecule has 0 saturated heterocycles. The van der Waals surface area contributed by atoms with E-state index >= 15 is 0 Å². The quantitative estimate of drug-likeness (QED) is 0.728. The van der Waals surface area contributed by atoms with E-state index in [2.05, 4.69) is 58.2 Å². The fraction of sp³-hybridized carbons (Fsp3) is 0.750. The molecule has 0 aliphatic heterocycles. The molecule has 1 N–H and O–H groups in total. The highest BCUT2D eigenvalue weighted by atomic mass is 14.9. The Morgan fingerprint density at radius 1 is 1.29 bits per heavy atom. The van der Waals surface area contributed by atoms with Crippen molar-refractivity contribution in [3.63, 3.8) is 0 Å². The fourth-order valence-corrected chi connectivity index (χ4v) is 2.30. The summed E-state index contributed by atoms with van der Waals surface area (Å²) in [5.74, 6) is 2.14. The fourth-order valence-electron chi connectivity index (χ4n) is 2.30. The van der Waals surface area contributed by atoms with Crippen LogP contribution in [-0.2, 0) is 0 Å². The van der Waals surface area contributed by atoms with Crippen LogP contribution >= 0.6 is 0 Å². The van der Waals surface area contributed by atoms with Gasteiger partial charge in [0.2, 0.25) is 0 Å². The van der Waals surface area contributed by atoms with E-state index in [1.54, 1.807) is 0 Å². The SMILES string of the molecule is CC(C)CNC(C)C[C@H](C)C1=CCC(C)C=C1. The number of nitrogens with one attached hydrogen (secondary N) is 1. The summed E-state index contributed by atoms with van der Waals surface area (Å²) in [7, 11) is 0. The van der Waals surface area contributed by atoms with Gasteiger partial charge in [-0.05, 0) is 49.6 Å². The van der Waals surface area contributed by atoms with Gasteiger partial charge in [0.05, 0.1) is 0 Å². The van der Waals surface area contributed by atoms with E-state index in [1.807, 2.05) is 0 Å². The van der Waals surface area contributed by atoms with E-state index in [0.29, 0.717) is 12.0 Å². The largest absolute Gasteiger partial charge is 0.314 e. The van der Waals surface area contributed by atoms with Crippen LogP contribution in [0.1, 0.15) is 47.5 Å². The Kier molecular flexibility index (Phi) is 5.97. The van der Waals surface area contributed by atoms with Crippen molar-refractivity contribution in [2.45, 2.75) is 53.5 Å². The van der Waals surface area contributed by atoms with Crippen LogP contribution in [0.25, 0.3) is 0 Å². The van der Waals surface area contributed by atoms with Crippen LogP contribution in [-0.4, -0.2) is 12.6 Å². The number of rotatable bonds is 6. The van der Waals surface area contributed by atoms with Crippen molar-refractivity contribution in [2.75, 3.05) is 6.54 Å². The van der Waals surface area contributed by atoms with Crippen LogP contribution in [0.3, 0.4) is 0 Å². The molecule has 1 rings (SSSR count). The van der Waals surface area contributed by atoms with E-state index in [1.165, 1.54) is 18.4 Å². The topological polar surface area (TPSA) is 12.0 Å². The van der Waals surface area contributed by atoms with E-state index < -0.39 is 0 Å². The van der Waals surface area contributed by atoms with Gasteiger partial charge in [-0.15, -0.1) is 0 Å². The molecule has 1 aliphatic carbocycles. The van der Waals surface area contributed by atoms with E-state index in [0.717, 1.165) is 18.4 Å². The molecule has 98 valence electrons. The minimum atomic E-state index is 0.612. The third kappa shape index (κ3) is 5.54. The molecule has 0 amide bonds. The molecule has 1 aliphatic rings.